The van der Waals surface area contributed by atoms with Gasteiger partial charge < -0.3 is 15.2 Å². The molecule has 152 valence electrons. The molecule has 0 atom stereocenters. The fourth-order valence-corrected chi connectivity index (χ4v) is 3.22. The fourth-order valence-electron chi connectivity index (χ4n) is 3.22. The van der Waals surface area contributed by atoms with E-state index in [9.17, 15) is 9.59 Å². The summed E-state index contributed by atoms with van der Waals surface area (Å²) in [6, 6.07) is 11.5. The largest absolute Gasteiger partial charge is 0.371 e. The molecule has 1 saturated heterocycles. The highest BCUT2D eigenvalue weighted by Gasteiger charge is 2.19. The maximum absolute atomic E-state index is 12.1. The number of aromatic amines is 1. The number of pyridine rings is 1. The number of hydrogen-bond donors (Lipinski definition) is 2. The molecule has 5 nitrogen and oxygen atoms in total. The summed E-state index contributed by atoms with van der Waals surface area (Å²) < 4.78 is 0. The minimum absolute atomic E-state index is 0.0229. The first-order valence-corrected chi connectivity index (χ1v) is 10.3. The van der Waals surface area contributed by atoms with Crippen LogP contribution in [0.15, 0.2) is 47.4 Å². The van der Waals surface area contributed by atoms with Crippen LogP contribution >= 0.6 is 0 Å². The lowest BCUT2D eigenvalue weighted by Crippen LogP contribution is -2.32. The standard InChI is InChI=1S/C14H20N2O.C9H13NO/c1-11(2)15-14(17)12-7-3-4-8-13(12)16-9-5-6-10-16;1-2-3-4-8-5-6-9(11)10-7-8/h3-4,7-8,11H,5-6,9-10H2,1-2H3,(H,15,17);5-7H,2-4H2,1H3,(H,10,11). The van der Waals surface area contributed by atoms with Crippen LogP contribution in [0.25, 0.3) is 0 Å². The van der Waals surface area contributed by atoms with Crippen molar-refractivity contribution in [2.24, 2.45) is 0 Å². The smallest absolute Gasteiger partial charge is 0.253 e. The third-order valence-corrected chi connectivity index (χ3v) is 4.68. The van der Waals surface area contributed by atoms with Crippen molar-refractivity contribution < 1.29 is 4.79 Å². The Hall–Kier alpha value is -2.56. The van der Waals surface area contributed by atoms with Crippen LogP contribution in [0.4, 0.5) is 5.69 Å². The number of carbonyl (C=O) groups excluding carboxylic acids is 1. The van der Waals surface area contributed by atoms with Crippen molar-refractivity contribution in [1.82, 2.24) is 10.3 Å². The van der Waals surface area contributed by atoms with Crippen molar-refractivity contribution in [3.63, 3.8) is 0 Å². The van der Waals surface area contributed by atoms with E-state index in [2.05, 4.69) is 22.1 Å². The Morgan fingerprint density at radius 3 is 2.46 bits per heavy atom. The second kappa shape index (κ2) is 11.3. The molecule has 1 aliphatic heterocycles. The zero-order chi connectivity index (χ0) is 20.4. The molecule has 2 aromatic rings. The van der Waals surface area contributed by atoms with Gasteiger partial charge in [-0.25, -0.2) is 0 Å². The molecule has 1 aliphatic rings. The van der Waals surface area contributed by atoms with E-state index in [0.717, 1.165) is 30.8 Å². The second-order valence-corrected chi connectivity index (χ2v) is 7.50. The number of unbranched alkanes of at least 4 members (excludes halogenated alkanes) is 1. The van der Waals surface area contributed by atoms with Crippen LogP contribution < -0.4 is 15.8 Å². The van der Waals surface area contributed by atoms with Crippen molar-refractivity contribution >= 4 is 11.6 Å². The molecule has 2 N–H and O–H groups in total. The molecule has 0 radical (unpaired) electrons. The third kappa shape index (κ3) is 6.87. The van der Waals surface area contributed by atoms with Crippen LogP contribution in [0.3, 0.4) is 0 Å². The van der Waals surface area contributed by atoms with Crippen LogP contribution in [0.1, 0.15) is 62.4 Å². The average Bonchev–Trinajstić information content (AvgIpc) is 3.22. The van der Waals surface area contributed by atoms with Crippen molar-refractivity contribution in [2.45, 2.75) is 58.9 Å². The van der Waals surface area contributed by atoms with Crippen LogP contribution in [0, 0.1) is 0 Å². The molecule has 1 fully saturated rings. The average molecular weight is 384 g/mol. The van der Waals surface area contributed by atoms with Crippen LogP contribution in [-0.4, -0.2) is 30.0 Å². The number of amides is 1. The number of rotatable bonds is 6. The molecule has 2 heterocycles. The predicted octanol–water partition coefficient (Wildman–Crippen LogP) is 4.14. The number of hydrogen-bond acceptors (Lipinski definition) is 3. The summed E-state index contributed by atoms with van der Waals surface area (Å²) in [6.07, 6.45) is 7.68. The van der Waals surface area contributed by atoms with E-state index in [4.69, 9.17) is 0 Å². The van der Waals surface area contributed by atoms with Crippen LogP contribution in [0.2, 0.25) is 0 Å². The summed E-state index contributed by atoms with van der Waals surface area (Å²) in [5, 5.41) is 2.96. The van der Waals surface area contributed by atoms with Gasteiger partial charge in [0.2, 0.25) is 5.56 Å². The molecule has 5 heteroatoms. The monoisotopic (exact) mass is 383 g/mol. The van der Waals surface area contributed by atoms with Crippen molar-refractivity contribution in [3.8, 4) is 0 Å². The highest BCUT2D eigenvalue weighted by atomic mass is 16.1. The molecule has 1 aromatic carbocycles. The Morgan fingerprint density at radius 1 is 1.14 bits per heavy atom. The lowest BCUT2D eigenvalue weighted by molar-refractivity contribution is 0.0943. The van der Waals surface area contributed by atoms with Gasteiger partial charge in [0, 0.05) is 37.1 Å². The Balaban J connectivity index is 0.000000221. The van der Waals surface area contributed by atoms with E-state index in [1.807, 2.05) is 44.2 Å². The first-order valence-electron chi connectivity index (χ1n) is 10.3. The third-order valence-electron chi connectivity index (χ3n) is 4.68. The topological polar surface area (TPSA) is 65.2 Å². The SMILES string of the molecule is CC(C)NC(=O)c1ccccc1N1CCCC1.CCCCc1ccc(=O)[nH]c1. The Kier molecular flexibility index (Phi) is 8.79. The highest BCUT2D eigenvalue weighted by Crippen LogP contribution is 2.24. The number of benzene rings is 1. The van der Waals surface area contributed by atoms with Gasteiger partial charge in [0.1, 0.15) is 0 Å². The summed E-state index contributed by atoms with van der Waals surface area (Å²) in [4.78, 5) is 27.7. The quantitative estimate of drug-likeness (QED) is 0.788. The molecule has 0 saturated carbocycles. The highest BCUT2D eigenvalue weighted by molar-refractivity contribution is 6.00. The lowest BCUT2D eigenvalue weighted by atomic mass is 10.1. The fraction of sp³-hybridized carbons (Fsp3) is 0.478. The minimum Gasteiger partial charge on any atom is -0.371 e. The molecule has 0 bridgehead atoms. The van der Waals surface area contributed by atoms with Gasteiger partial charge >= 0.3 is 0 Å². The number of aromatic nitrogens is 1. The van der Waals surface area contributed by atoms with Gasteiger partial charge in [-0.3, -0.25) is 9.59 Å². The van der Waals surface area contributed by atoms with Gasteiger partial charge in [-0.2, -0.15) is 0 Å². The molecule has 28 heavy (non-hydrogen) atoms. The van der Waals surface area contributed by atoms with Gasteiger partial charge in [0.15, 0.2) is 0 Å². The van der Waals surface area contributed by atoms with Crippen LogP contribution in [0.5, 0.6) is 0 Å². The summed E-state index contributed by atoms with van der Waals surface area (Å²) in [6.45, 7) is 8.25. The van der Waals surface area contributed by atoms with Gasteiger partial charge in [-0.05, 0) is 57.2 Å². The van der Waals surface area contributed by atoms with E-state index in [1.165, 1.54) is 31.2 Å². The summed E-state index contributed by atoms with van der Waals surface area (Å²) in [7, 11) is 0. The first kappa shape index (κ1) is 21.7. The zero-order valence-corrected chi connectivity index (χ0v) is 17.3. The summed E-state index contributed by atoms with van der Waals surface area (Å²) >= 11 is 0. The van der Waals surface area contributed by atoms with E-state index in [1.54, 1.807) is 12.3 Å². The van der Waals surface area contributed by atoms with Gasteiger partial charge in [-0.15, -0.1) is 0 Å². The maximum atomic E-state index is 12.1. The molecular weight excluding hydrogens is 350 g/mol. The lowest BCUT2D eigenvalue weighted by Gasteiger charge is -2.21. The van der Waals surface area contributed by atoms with Gasteiger partial charge in [0.05, 0.1) is 5.56 Å². The molecular formula is C23H33N3O2. The number of para-hydroxylation sites is 1. The summed E-state index contributed by atoms with van der Waals surface area (Å²) in [5.41, 5.74) is 3.06. The number of nitrogens with zero attached hydrogens (tertiary/aromatic N) is 1. The van der Waals surface area contributed by atoms with Crippen LogP contribution in [-0.2, 0) is 6.42 Å². The summed E-state index contributed by atoms with van der Waals surface area (Å²) in [5.74, 6) is 0.0301. The molecule has 1 amide bonds. The molecule has 0 spiro atoms. The van der Waals surface area contributed by atoms with Gasteiger partial charge in [-0.1, -0.05) is 31.5 Å². The zero-order valence-electron chi connectivity index (χ0n) is 17.3. The van der Waals surface area contributed by atoms with E-state index in [-0.39, 0.29) is 17.5 Å². The second-order valence-electron chi connectivity index (χ2n) is 7.50. The number of carbonyl (C=O) groups is 1. The molecule has 1 aromatic heterocycles. The molecule has 3 rings (SSSR count). The maximum Gasteiger partial charge on any atom is 0.253 e. The van der Waals surface area contributed by atoms with Crippen molar-refractivity contribution in [2.75, 3.05) is 18.0 Å². The normalized spacial score (nSPS) is 13.2. The van der Waals surface area contributed by atoms with Crippen molar-refractivity contribution in [3.05, 3.63) is 64.1 Å². The van der Waals surface area contributed by atoms with Gasteiger partial charge in [0.25, 0.3) is 5.91 Å². The predicted molar refractivity (Wildman–Crippen MR) is 116 cm³/mol. The number of H-pyrrole nitrogens is 1. The Labute approximate surface area is 168 Å². The molecule has 0 unspecified atom stereocenters. The number of nitrogens with one attached hydrogen (secondary N) is 2. The number of aryl methyl sites for hydroxylation is 1. The Morgan fingerprint density at radius 2 is 1.86 bits per heavy atom. The number of anilines is 1. The minimum atomic E-state index is -0.0229. The van der Waals surface area contributed by atoms with Crippen molar-refractivity contribution in [1.29, 1.82) is 0 Å². The van der Waals surface area contributed by atoms with E-state index < -0.39 is 0 Å². The first-order chi connectivity index (χ1) is 13.5. The molecule has 0 aliphatic carbocycles. The van der Waals surface area contributed by atoms with E-state index in [0.29, 0.717) is 0 Å². The Bertz CT molecular complexity index is 772. The van der Waals surface area contributed by atoms with E-state index >= 15 is 0 Å².